The second kappa shape index (κ2) is 10.0. The van der Waals surface area contributed by atoms with Crippen molar-refractivity contribution in [3.63, 3.8) is 0 Å². The summed E-state index contributed by atoms with van der Waals surface area (Å²) in [6, 6.07) is 0.618. The molecule has 0 bridgehead atoms. The number of nitrogens with zero attached hydrogens (tertiary/aromatic N) is 1. The number of aliphatic hydroxyl groups excluding tert-OH is 1. The van der Waals surface area contributed by atoms with Gasteiger partial charge in [-0.3, -0.25) is 10.3 Å². The van der Waals surface area contributed by atoms with Gasteiger partial charge in [0.1, 0.15) is 5.50 Å². The Morgan fingerprint density at radius 2 is 2.11 bits per heavy atom. The summed E-state index contributed by atoms with van der Waals surface area (Å²) < 4.78 is 0. The third-order valence-electron chi connectivity index (χ3n) is 5.51. The highest BCUT2D eigenvalue weighted by atomic mass is 32.2. The molecule has 158 valence electrons. The predicted molar refractivity (Wildman–Crippen MR) is 117 cm³/mol. The van der Waals surface area contributed by atoms with Gasteiger partial charge in [0.15, 0.2) is 5.96 Å². The first-order valence-electron chi connectivity index (χ1n) is 10.5. The molecule has 0 aromatic heterocycles. The normalized spacial score (nSPS) is 33.0. The van der Waals surface area contributed by atoms with E-state index in [1.165, 1.54) is 30.6 Å². The number of aliphatic imine (C=N–C) groups is 1. The Bertz CT molecular complexity index is 618. The molecule has 1 saturated carbocycles. The zero-order valence-corrected chi connectivity index (χ0v) is 18.1. The van der Waals surface area contributed by atoms with Crippen LogP contribution in [-0.2, 0) is 0 Å². The van der Waals surface area contributed by atoms with Crippen LogP contribution in [0.1, 0.15) is 46.5 Å². The summed E-state index contributed by atoms with van der Waals surface area (Å²) in [4.78, 5) is 5.74. The Hall–Kier alpha value is -1.22. The summed E-state index contributed by atoms with van der Waals surface area (Å²) in [6.45, 7) is 7.17. The fraction of sp³-hybridized carbons (Fsp3) is 0.750. The van der Waals surface area contributed by atoms with Crippen LogP contribution in [0.15, 0.2) is 27.9 Å². The first-order chi connectivity index (χ1) is 13.5. The summed E-state index contributed by atoms with van der Waals surface area (Å²) in [5, 5.41) is 23.5. The summed E-state index contributed by atoms with van der Waals surface area (Å²) in [5.74, 6) is 1.79. The molecule has 3 rings (SSSR count). The number of rotatable bonds is 7. The maximum atomic E-state index is 9.65. The first kappa shape index (κ1) is 21.5. The van der Waals surface area contributed by atoms with Crippen molar-refractivity contribution in [3.8, 4) is 0 Å². The van der Waals surface area contributed by atoms with Gasteiger partial charge in [-0.2, -0.15) is 0 Å². The van der Waals surface area contributed by atoms with E-state index in [1.54, 1.807) is 18.7 Å². The lowest BCUT2D eigenvalue weighted by atomic mass is 9.74. The van der Waals surface area contributed by atoms with Crippen molar-refractivity contribution in [2.24, 2.45) is 22.6 Å². The van der Waals surface area contributed by atoms with E-state index in [9.17, 15) is 5.11 Å². The molecule has 0 amide bonds. The lowest BCUT2D eigenvalue weighted by Gasteiger charge is -2.39. The Morgan fingerprint density at radius 3 is 2.82 bits per heavy atom. The zero-order chi connectivity index (χ0) is 20.1. The van der Waals surface area contributed by atoms with E-state index in [0.717, 1.165) is 18.2 Å². The Labute approximate surface area is 173 Å². The monoisotopic (exact) mass is 408 g/mol. The molecular weight excluding hydrogens is 372 g/mol. The Morgan fingerprint density at radius 1 is 1.32 bits per heavy atom. The predicted octanol–water partition coefficient (Wildman–Crippen LogP) is 1.39. The minimum absolute atomic E-state index is 0.176. The first-order valence-corrected chi connectivity index (χ1v) is 11.4. The average Bonchev–Trinajstić information content (AvgIpc) is 3.14. The summed E-state index contributed by atoms with van der Waals surface area (Å²) >= 11 is 1.78. The van der Waals surface area contributed by atoms with Gasteiger partial charge >= 0.3 is 0 Å². The van der Waals surface area contributed by atoms with Crippen LogP contribution in [-0.4, -0.2) is 47.8 Å². The second-order valence-electron chi connectivity index (χ2n) is 8.35. The van der Waals surface area contributed by atoms with Crippen LogP contribution in [0.5, 0.6) is 0 Å². The number of hydrogen-bond acceptors (Lipinski definition) is 6. The molecule has 0 radical (unpaired) electrons. The van der Waals surface area contributed by atoms with E-state index in [4.69, 9.17) is 5.73 Å². The maximum Gasteiger partial charge on any atom is 0.196 e. The van der Waals surface area contributed by atoms with E-state index in [2.05, 4.69) is 52.4 Å². The van der Waals surface area contributed by atoms with Gasteiger partial charge in [-0.15, -0.1) is 0 Å². The number of thioether (sulfide) groups is 1. The van der Waals surface area contributed by atoms with Crippen LogP contribution in [0.3, 0.4) is 0 Å². The number of hydrogen-bond donors (Lipinski definition) is 6. The van der Waals surface area contributed by atoms with E-state index >= 15 is 0 Å². The molecule has 3 aliphatic rings. The van der Waals surface area contributed by atoms with E-state index in [-0.39, 0.29) is 11.5 Å². The van der Waals surface area contributed by atoms with Crippen LogP contribution >= 0.6 is 11.8 Å². The summed E-state index contributed by atoms with van der Waals surface area (Å²) in [5.41, 5.74) is 7.35. The molecule has 1 aliphatic carbocycles. The second-order valence-corrected chi connectivity index (χ2v) is 9.50. The highest BCUT2D eigenvalue weighted by molar-refractivity contribution is 8.04. The molecule has 7 N–H and O–H groups in total. The number of aliphatic hydroxyl groups is 1. The van der Waals surface area contributed by atoms with Crippen molar-refractivity contribution in [1.29, 1.82) is 0 Å². The molecule has 7 nitrogen and oxygen atoms in total. The highest BCUT2D eigenvalue weighted by Crippen LogP contribution is 2.36. The van der Waals surface area contributed by atoms with E-state index in [0.29, 0.717) is 24.4 Å². The summed E-state index contributed by atoms with van der Waals surface area (Å²) in [6.07, 6.45) is 8.84. The average molecular weight is 409 g/mol. The highest BCUT2D eigenvalue weighted by Gasteiger charge is 2.34. The largest absolute Gasteiger partial charge is 0.391 e. The standard InChI is InChI=1S/C20H36N6OS/c1-12(2)24-20-23-11-18(28-20)17-8-16(15-7-5-4-6-14(15)9-21)25-19(26-17)22-10-13(3)27/h8,11-16,20,23-24,27H,4-7,9-10,21H2,1-3H3,(H2,22,25,26). The molecule has 2 heterocycles. The van der Waals surface area contributed by atoms with Crippen LogP contribution in [0.25, 0.3) is 0 Å². The lowest BCUT2D eigenvalue weighted by molar-refractivity contribution is 0.202. The Kier molecular flexibility index (Phi) is 7.68. The van der Waals surface area contributed by atoms with Crippen LogP contribution < -0.4 is 27.0 Å². The third-order valence-corrected chi connectivity index (χ3v) is 6.61. The van der Waals surface area contributed by atoms with Crippen molar-refractivity contribution in [3.05, 3.63) is 22.9 Å². The van der Waals surface area contributed by atoms with Crippen LogP contribution in [0, 0.1) is 11.8 Å². The van der Waals surface area contributed by atoms with Gasteiger partial charge in [0.25, 0.3) is 0 Å². The fourth-order valence-electron chi connectivity index (χ4n) is 4.14. The van der Waals surface area contributed by atoms with Gasteiger partial charge < -0.3 is 26.8 Å². The zero-order valence-electron chi connectivity index (χ0n) is 17.2. The summed E-state index contributed by atoms with van der Waals surface area (Å²) in [7, 11) is 0. The molecule has 2 aliphatic heterocycles. The fourth-order valence-corrected chi connectivity index (χ4v) is 5.25. The van der Waals surface area contributed by atoms with Crippen molar-refractivity contribution >= 4 is 17.7 Å². The van der Waals surface area contributed by atoms with Gasteiger partial charge in [-0.1, -0.05) is 24.6 Å². The Balaban J connectivity index is 1.78. The van der Waals surface area contributed by atoms with Crippen LogP contribution in [0.2, 0.25) is 0 Å². The van der Waals surface area contributed by atoms with E-state index < -0.39 is 6.10 Å². The molecule has 0 spiro atoms. The van der Waals surface area contributed by atoms with E-state index in [1.807, 2.05) is 0 Å². The smallest absolute Gasteiger partial charge is 0.196 e. The van der Waals surface area contributed by atoms with Gasteiger partial charge in [-0.25, -0.2) is 0 Å². The molecule has 28 heavy (non-hydrogen) atoms. The minimum atomic E-state index is -0.461. The van der Waals surface area contributed by atoms with Gasteiger partial charge in [0.05, 0.1) is 24.4 Å². The topological polar surface area (TPSA) is 107 Å². The molecule has 5 atom stereocenters. The SMILES string of the molecule is CC(O)CN=C1NC(C2=CNC(NC(C)C)S2)=CC(C2CCCCC2CN)N1. The van der Waals surface area contributed by atoms with Crippen molar-refractivity contribution in [2.45, 2.75) is 70.1 Å². The minimum Gasteiger partial charge on any atom is -0.391 e. The molecular formula is C20H36N6OS. The van der Waals surface area contributed by atoms with Gasteiger partial charge in [0, 0.05) is 17.1 Å². The van der Waals surface area contributed by atoms with Crippen LogP contribution in [0.4, 0.5) is 0 Å². The molecule has 1 fully saturated rings. The van der Waals surface area contributed by atoms with Gasteiger partial charge in [0.2, 0.25) is 0 Å². The molecule has 8 heteroatoms. The number of guanidine groups is 1. The molecule has 0 aromatic carbocycles. The molecule has 5 unspecified atom stereocenters. The van der Waals surface area contributed by atoms with Crippen molar-refractivity contribution in [2.75, 3.05) is 13.1 Å². The third kappa shape index (κ3) is 5.65. The molecule has 0 aromatic rings. The van der Waals surface area contributed by atoms with Gasteiger partial charge in [-0.05, 0) is 58.1 Å². The quantitative estimate of drug-likeness (QED) is 0.378. The lowest BCUT2D eigenvalue weighted by Crippen LogP contribution is -2.52. The van der Waals surface area contributed by atoms with Crippen molar-refractivity contribution < 1.29 is 5.11 Å². The number of nitrogens with one attached hydrogen (secondary N) is 4. The number of nitrogens with two attached hydrogens (primary N) is 1. The maximum absolute atomic E-state index is 9.65. The van der Waals surface area contributed by atoms with Crippen molar-refractivity contribution in [1.82, 2.24) is 21.3 Å². The molecule has 0 saturated heterocycles.